The van der Waals surface area contributed by atoms with Crippen LogP contribution >= 0.6 is 12.4 Å². The minimum atomic E-state index is -0.718. The van der Waals surface area contributed by atoms with E-state index in [1.54, 1.807) is 13.8 Å². The van der Waals surface area contributed by atoms with Crippen LogP contribution in [-0.4, -0.2) is 66.4 Å². The molecule has 320 valence electrons. The predicted molar refractivity (Wildman–Crippen MR) is 234 cm³/mol. The predicted octanol–water partition coefficient (Wildman–Crippen LogP) is 8.50. The summed E-state index contributed by atoms with van der Waals surface area (Å²) >= 11 is 0. The molecule has 6 atom stereocenters. The third kappa shape index (κ3) is 16.0. The minimum Gasteiger partial charge on any atom is -0.503 e. The first-order valence-electron chi connectivity index (χ1n) is 19.8. The normalized spacial score (nSPS) is 13.6. The van der Waals surface area contributed by atoms with E-state index in [0.29, 0.717) is 19.6 Å². The Morgan fingerprint density at radius 1 is 0.633 bits per heavy atom. The number of aromatic nitrogens is 1. The summed E-state index contributed by atoms with van der Waals surface area (Å²) < 4.78 is 28.1. The molecule has 1 aromatic heterocycles. The molecule has 0 aliphatic heterocycles. The van der Waals surface area contributed by atoms with Gasteiger partial charge in [0, 0.05) is 30.5 Å². The molecular formula is C48H57ClN2O9. The van der Waals surface area contributed by atoms with Crippen LogP contribution in [0.25, 0.3) is 0 Å². The summed E-state index contributed by atoms with van der Waals surface area (Å²) in [4.78, 5) is 41.2. The molecule has 0 saturated heterocycles. The monoisotopic (exact) mass is 840 g/mol. The topological polar surface area (TPSA) is 156 Å². The first-order valence-corrected chi connectivity index (χ1v) is 19.8. The van der Waals surface area contributed by atoms with E-state index in [1.807, 2.05) is 123 Å². The van der Waals surface area contributed by atoms with Gasteiger partial charge in [0.2, 0.25) is 0 Å². The minimum absolute atomic E-state index is 0. The number of methoxy groups -OCH3 is 1. The number of nitrogens with zero attached hydrogens (tertiary/aromatic N) is 1. The molecule has 5 aromatic rings. The van der Waals surface area contributed by atoms with Crippen LogP contribution in [0.5, 0.6) is 23.0 Å². The zero-order chi connectivity index (χ0) is 42.6. The molecule has 0 aliphatic rings. The molecule has 1 heterocycles. The lowest BCUT2D eigenvalue weighted by atomic mass is 9.95. The van der Waals surface area contributed by atoms with Crippen molar-refractivity contribution in [2.45, 2.75) is 65.2 Å². The summed E-state index contributed by atoms with van der Waals surface area (Å²) in [6.07, 6.45) is 1.92. The number of nitrogens with two attached hydrogens (primary N) is 1. The Balaban J connectivity index is 0.000000337. The van der Waals surface area contributed by atoms with Crippen molar-refractivity contribution in [1.29, 1.82) is 0 Å². The smallest absolute Gasteiger partial charge is 0.322 e. The van der Waals surface area contributed by atoms with E-state index < -0.39 is 29.8 Å². The summed E-state index contributed by atoms with van der Waals surface area (Å²) in [7, 11) is 1.39. The number of benzene rings is 4. The maximum atomic E-state index is 12.8. The lowest BCUT2D eigenvalue weighted by molar-refractivity contribution is -0.156. The number of hydrogen-bond acceptors (Lipinski definition) is 11. The van der Waals surface area contributed by atoms with Crippen LogP contribution in [0.3, 0.4) is 0 Å². The molecule has 5 rings (SSSR count). The van der Waals surface area contributed by atoms with Crippen LogP contribution in [0, 0.1) is 17.8 Å². The number of esters is 2. The average molecular weight is 841 g/mol. The Morgan fingerprint density at radius 2 is 1.05 bits per heavy atom. The van der Waals surface area contributed by atoms with E-state index in [-0.39, 0.29) is 59.9 Å². The fourth-order valence-electron chi connectivity index (χ4n) is 6.04. The third-order valence-electron chi connectivity index (χ3n) is 9.66. The van der Waals surface area contributed by atoms with E-state index in [4.69, 9.17) is 29.4 Å². The van der Waals surface area contributed by atoms with Crippen molar-refractivity contribution in [3.8, 4) is 23.0 Å². The van der Waals surface area contributed by atoms with Gasteiger partial charge >= 0.3 is 11.9 Å². The molecule has 4 aromatic carbocycles. The summed E-state index contributed by atoms with van der Waals surface area (Å²) in [6, 6.07) is 40.0. The molecule has 0 aliphatic carbocycles. The molecule has 12 heteroatoms. The van der Waals surface area contributed by atoms with Crippen molar-refractivity contribution in [3.05, 3.63) is 150 Å². The number of carbonyl (C=O) groups excluding carboxylic acids is 3. The number of carbonyl (C=O) groups is 3. The zero-order valence-corrected chi connectivity index (χ0v) is 35.7. The molecular weight excluding hydrogens is 784 g/mol. The fraction of sp³-hybridized carbons (Fsp3) is 0.333. The number of para-hydroxylation sites is 2. The van der Waals surface area contributed by atoms with Crippen LogP contribution in [0.15, 0.2) is 134 Å². The van der Waals surface area contributed by atoms with E-state index >= 15 is 0 Å². The standard InChI is InChI=1S/C28H31NO6.C20H25NO3.ClH/c1-19(16-24(30)26-27(31)25(33-3)14-15-29-26)28(32)35-20(2)22(17-21-10-6-4-7-11-21)18-34-23-12-8-5-9-13-23;1-15(21)20(22)24-16(2)18(13-17-9-5-3-6-10-17)14-23-19-11-7-4-8-12-19;/h4-15,19-20,22,31H,16-18H2,1-3H3;3-12,15-16,18H,13-14,21H2,1-2H3;1H/t19-,20+,22-;15-,16-,18+;/m10./s1. The Kier molecular flexibility index (Phi) is 20.6. The Hall–Kier alpha value is -5.91. The van der Waals surface area contributed by atoms with Crippen LogP contribution < -0.4 is 19.9 Å². The van der Waals surface area contributed by atoms with Crippen molar-refractivity contribution in [1.82, 2.24) is 4.98 Å². The van der Waals surface area contributed by atoms with Crippen LogP contribution in [0.2, 0.25) is 0 Å². The van der Waals surface area contributed by atoms with Gasteiger partial charge in [0.15, 0.2) is 23.0 Å². The van der Waals surface area contributed by atoms with E-state index in [1.165, 1.54) is 24.9 Å². The van der Waals surface area contributed by atoms with Gasteiger partial charge in [0.05, 0.1) is 26.2 Å². The van der Waals surface area contributed by atoms with Crippen molar-refractivity contribution in [2.24, 2.45) is 23.5 Å². The number of Topliss-reactive ketones (excluding diaryl/α,β-unsaturated/α-hetero) is 1. The van der Waals surface area contributed by atoms with Gasteiger partial charge in [-0.2, -0.15) is 0 Å². The number of pyridine rings is 1. The quantitative estimate of drug-likeness (QED) is 0.0572. The van der Waals surface area contributed by atoms with Crippen molar-refractivity contribution in [3.63, 3.8) is 0 Å². The van der Waals surface area contributed by atoms with E-state index in [0.717, 1.165) is 23.5 Å². The largest absolute Gasteiger partial charge is 0.503 e. The second-order valence-electron chi connectivity index (χ2n) is 14.5. The van der Waals surface area contributed by atoms with Crippen LogP contribution in [-0.2, 0) is 31.9 Å². The van der Waals surface area contributed by atoms with Gasteiger partial charge in [-0.25, -0.2) is 4.98 Å². The first-order chi connectivity index (χ1) is 28.4. The van der Waals surface area contributed by atoms with Gasteiger partial charge < -0.3 is 34.5 Å². The second kappa shape index (κ2) is 25.5. The second-order valence-corrected chi connectivity index (χ2v) is 14.5. The molecule has 0 radical (unpaired) electrons. The maximum absolute atomic E-state index is 12.8. The molecule has 0 unspecified atom stereocenters. The SMILES string of the molecule is COc1ccnc(C(=O)C[C@@H](C)C(=O)O[C@@H](C)[C@@H](COc2ccccc2)Cc2ccccc2)c1O.C[C@H](N)C(=O)O[C@@H](C)[C@@H](COc1ccccc1)Cc1ccccc1.Cl. The van der Waals surface area contributed by atoms with Crippen molar-refractivity contribution >= 4 is 30.1 Å². The molecule has 0 amide bonds. The average Bonchev–Trinajstić information content (AvgIpc) is 3.25. The zero-order valence-electron chi connectivity index (χ0n) is 34.8. The molecule has 0 fully saturated rings. The number of ketones is 1. The molecule has 11 nitrogen and oxygen atoms in total. The summed E-state index contributed by atoms with van der Waals surface area (Å²) in [6.45, 7) is 7.80. The fourth-order valence-corrected chi connectivity index (χ4v) is 6.04. The van der Waals surface area contributed by atoms with E-state index in [9.17, 15) is 19.5 Å². The number of rotatable bonds is 20. The highest BCUT2D eigenvalue weighted by atomic mass is 35.5. The third-order valence-corrected chi connectivity index (χ3v) is 9.66. The van der Waals surface area contributed by atoms with Gasteiger partial charge in [0.1, 0.15) is 29.7 Å². The first kappa shape index (κ1) is 48.5. The number of aromatic hydroxyl groups is 1. The Bertz CT molecular complexity index is 2000. The van der Waals surface area contributed by atoms with Crippen LogP contribution in [0.4, 0.5) is 0 Å². The van der Waals surface area contributed by atoms with Gasteiger partial charge in [-0.05, 0) is 69.0 Å². The van der Waals surface area contributed by atoms with Gasteiger partial charge in [-0.15, -0.1) is 12.4 Å². The lowest BCUT2D eigenvalue weighted by Crippen LogP contribution is -2.36. The maximum Gasteiger partial charge on any atom is 0.322 e. The summed E-state index contributed by atoms with van der Waals surface area (Å²) in [5.41, 5.74) is 7.76. The Labute approximate surface area is 359 Å². The van der Waals surface area contributed by atoms with Gasteiger partial charge in [-0.3, -0.25) is 14.4 Å². The highest BCUT2D eigenvalue weighted by molar-refractivity contribution is 5.99. The molecule has 60 heavy (non-hydrogen) atoms. The molecule has 0 saturated carbocycles. The van der Waals surface area contributed by atoms with Crippen molar-refractivity contribution < 1.29 is 43.2 Å². The molecule has 0 spiro atoms. The van der Waals surface area contributed by atoms with Gasteiger partial charge in [0.25, 0.3) is 0 Å². The highest BCUT2D eigenvalue weighted by Crippen LogP contribution is 2.29. The Morgan fingerprint density at radius 3 is 1.47 bits per heavy atom. The number of halogens is 1. The highest BCUT2D eigenvalue weighted by Gasteiger charge is 2.28. The van der Waals surface area contributed by atoms with Crippen molar-refractivity contribution in [2.75, 3.05) is 20.3 Å². The summed E-state index contributed by atoms with van der Waals surface area (Å²) in [5.74, 6) is -0.772. The van der Waals surface area contributed by atoms with Gasteiger partial charge in [-0.1, -0.05) is 104 Å². The summed E-state index contributed by atoms with van der Waals surface area (Å²) in [5, 5.41) is 10.2. The van der Waals surface area contributed by atoms with E-state index in [2.05, 4.69) is 17.1 Å². The van der Waals surface area contributed by atoms with Crippen LogP contribution in [0.1, 0.15) is 55.7 Å². The molecule has 0 bridgehead atoms. The lowest BCUT2D eigenvalue weighted by Gasteiger charge is -2.25. The molecule has 3 N–H and O–H groups in total. The number of ether oxygens (including phenoxy) is 5. The number of hydrogen-bond donors (Lipinski definition) is 2.